The normalized spacial score (nSPS) is 18.6. The second-order valence-electron chi connectivity index (χ2n) is 4.64. The fraction of sp³-hybridized carbons (Fsp3) is 0.143. The van der Waals surface area contributed by atoms with Gasteiger partial charge in [-0.1, -0.05) is 12.1 Å². The van der Waals surface area contributed by atoms with Crippen molar-refractivity contribution < 1.29 is 22.8 Å². The number of carbonyl (C=O) groups is 2. The summed E-state index contributed by atoms with van der Waals surface area (Å²) in [5.41, 5.74) is -1.81. The lowest BCUT2D eigenvalue weighted by Crippen LogP contribution is -2.48. The van der Waals surface area contributed by atoms with Gasteiger partial charge in [0.2, 0.25) is 5.78 Å². The summed E-state index contributed by atoms with van der Waals surface area (Å²) in [6, 6.07) is 4.15. The molecule has 1 aliphatic heterocycles. The number of Topliss-reactive ketones (excluding diaryl/α,β-unsaturated/α-hetero) is 1. The highest BCUT2D eigenvalue weighted by Crippen LogP contribution is 2.38. The minimum absolute atomic E-state index is 0.182. The Morgan fingerprint density at radius 3 is 2.39 bits per heavy atom. The summed E-state index contributed by atoms with van der Waals surface area (Å²) in [7, 11) is 0. The van der Waals surface area contributed by atoms with Crippen molar-refractivity contribution in [2.75, 3.05) is 0 Å². The highest BCUT2D eigenvalue weighted by atomic mass is 32.1. The molecule has 0 bridgehead atoms. The highest BCUT2D eigenvalue weighted by Gasteiger charge is 2.45. The van der Waals surface area contributed by atoms with Crippen LogP contribution in [-0.2, 0) is 0 Å². The number of rotatable bonds is 3. The van der Waals surface area contributed by atoms with E-state index in [4.69, 9.17) is 0 Å². The molecule has 1 atom stereocenters. The van der Waals surface area contributed by atoms with Crippen molar-refractivity contribution in [3.05, 3.63) is 56.1 Å². The van der Waals surface area contributed by atoms with Crippen LogP contribution in [0.4, 0.5) is 18.0 Å². The van der Waals surface area contributed by atoms with E-state index in [9.17, 15) is 22.8 Å². The minimum atomic E-state index is -4.84. The predicted molar refractivity (Wildman–Crippen MR) is 80.5 cm³/mol. The molecule has 120 valence electrons. The van der Waals surface area contributed by atoms with E-state index < -0.39 is 35.3 Å². The molecule has 0 spiro atoms. The Bertz CT molecular complexity index is 765. The lowest BCUT2D eigenvalue weighted by atomic mass is 9.95. The first-order chi connectivity index (χ1) is 10.9. The zero-order valence-corrected chi connectivity index (χ0v) is 12.9. The molecule has 2 aromatic heterocycles. The summed E-state index contributed by atoms with van der Waals surface area (Å²) in [6.07, 6.45) is -4.84. The average Bonchev–Trinajstić information content (AvgIpc) is 3.18. The first-order valence-corrected chi connectivity index (χ1v) is 8.14. The van der Waals surface area contributed by atoms with Gasteiger partial charge in [-0.15, -0.1) is 22.7 Å². The third kappa shape index (κ3) is 3.02. The van der Waals surface area contributed by atoms with Crippen LogP contribution >= 0.6 is 22.7 Å². The molecule has 23 heavy (non-hydrogen) atoms. The number of hydrogen-bond acceptors (Lipinski definition) is 4. The monoisotopic (exact) mass is 358 g/mol. The van der Waals surface area contributed by atoms with Crippen LogP contribution in [0.2, 0.25) is 0 Å². The summed E-state index contributed by atoms with van der Waals surface area (Å²) in [4.78, 5) is 24.9. The topological polar surface area (TPSA) is 58.2 Å². The predicted octanol–water partition coefficient (Wildman–Crippen LogP) is 3.86. The minimum Gasteiger partial charge on any atom is -0.326 e. The molecule has 0 radical (unpaired) electrons. The third-order valence-electron chi connectivity index (χ3n) is 3.17. The van der Waals surface area contributed by atoms with Gasteiger partial charge in [0.25, 0.3) is 0 Å². The number of ketones is 1. The van der Waals surface area contributed by atoms with Crippen LogP contribution in [0.1, 0.15) is 20.6 Å². The lowest BCUT2D eigenvalue weighted by molar-refractivity contribution is -0.0972. The maximum absolute atomic E-state index is 13.3. The van der Waals surface area contributed by atoms with Gasteiger partial charge < -0.3 is 10.6 Å². The zero-order chi connectivity index (χ0) is 16.6. The third-order valence-corrected chi connectivity index (χ3v) is 4.98. The van der Waals surface area contributed by atoms with E-state index in [1.165, 1.54) is 17.4 Å². The smallest absolute Gasteiger partial charge is 0.326 e. The number of alkyl halides is 3. The number of nitrogens with one attached hydrogen (secondary N) is 2. The van der Waals surface area contributed by atoms with E-state index >= 15 is 0 Å². The molecule has 4 nitrogen and oxygen atoms in total. The van der Waals surface area contributed by atoms with Crippen LogP contribution in [0.15, 0.2) is 46.3 Å². The maximum Gasteiger partial charge on any atom is 0.431 e. The number of urea groups is 1. The van der Waals surface area contributed by atoms with Gasteiger partial charge in [0, 0.05) is 4.88 Å². The highest BCUT2D eigenvalue weighted by molar-refractivity contribution is 7.12. The number of amides is 2. The Hall–Kier alpha value is -2.13. The molecule has 9 heteroatoms. The van der Waals surface area contributed by atoms with Crippen molar-refractivity contribution in [3.63, 3.8) is 0 Å². The molecule has 3 rings (SSSR count). The molecule has 0 fully saturated rings. The number of carbonyl (C=O) groups excluding carboxylic acids is 2. The van der Waals surface area contributed by atoms with Gasteiger partial charge in [0.05, 0.1) is 16.5 Å². The quantitative estimate of drug-likeness (QED) is 0.819. The van der Waals surface area contributed by atoms with Gasteiger partial charge in [-0.3, -0.25) is 4.79 Å². The van der Waals surface area contributed by atoms with Crippen molar-refractivity contribution in [1.82, 2.24) is 10.6 Å². The molecule has 2 amide bonds. The van der Waals surface area contributed by atoms with Crippen molar-refractivity contribution >= 4 is 34.5 Å². The Kier molecular flexibility index (Phi) is 3.99. The second-order valence-corrected chi connectivity index (χ2v) is 6.57. The lowest BCUT2D eigenvalue weighted by Gasteiger charge is -2.29. The van der Waals surface area contributed by atoms with Gasteiger partial charge >= 0.3 is 12.2 Å². The molecule has 0 aromatic carbocycles. The van der Waals surface area contributed by atoms with E-state index in [0.29, 0.717) is 4.88 Å². The van der Waals surface area contributed by atoms with Crippen LogP contribution in [-0.4, -0.2) is 18.0 Å². The summed E-state index contributed by atoms with van der Waals surface area (Å²) in [6.45, 7) is 0. The van der Waals surface area contributed by atoms with Crippen molar-refractivity contribution in [3.8, 4) is 0 Å². The van der Waals surface area contributed by atoms with Gasteiger partial charge in [0.1, 0.15) is 5.70 Å². The fourth-order valence-electron chi connectivity index (χ4n) is 2.24. The first kappa shape index (κ1) is 15.8. The standard InChI is InChI=1S/C14H9F3N2O2S2/c15-14(16,17)12-9(11(20)8-4-2-6-23-8)10(18-13(21)19-12)7-3-1-5-22-7/h1-6,10H,(H2,18,19,21). The van der Waals surface area contributed by atoms with Gasteiger partial charge in [-0.25, -0.2) is 4.79 Å². The Balaban J connectivity index is 2.18. The molecule has 2 N–H and O–H groups in total. The molecule has 0 aliphatic carbocycles. The SMILES string of the molecule is O=C1NC(C(F)(F)F)=C(C(=O)c2cccs2)C(c2cccs2)N1. The van der Waals surface area contributed by atoms with E-state index in [0.717, 1.165) is 11.3 Å². The number of hydrogen-bond donors (Lipinski definition) is 2. The van der Waals surface area contributed by atoms with Gasteiger partial charge in [0.15, 0.2) is 0 Å². The molecular formula is C14H9F3N2O2S2. The summed E-state index contributed by atoms with van der Waals surface area (Å²) in [5, 5.41) is 7.41. The summed E-state index contributed by atoms with van der Waals surface area (Å²) >= 11 is 2.22. The van der Waals surface area contributed by atoms with Crippen LogP contribution in [0.5, 0.6) is 0 Å². The van der Waals surface area contributed by atoms with Crippen LogP contribution in [0.3, 0.4) is 0 Å². The van der Waals surface area contributed by atoms with E-state index in [2.05, 4.69) is 5.32 Å². The largest absolute Gasteiger partial charge is 0.431 e. The number of halogens is 3. The Morgan fingerprint density at radius 1 is 1.13 bits per heavy atom. The molecule has 3 heterocycles. The molecule has 0 saturated carbocycles. The molecule has 2 aromatic rings. The van der Waals surface area contributed by atoms with Gasteiger partial charge in [-0.05, 0) is 22.9 Å². The zero-order valence-electron chi connectivity index (χ0n) is 11.3. The van der Waals surface area contributed by atoms with Gasteiger partial charge in [-0.2, -0.15) is 13.2 Å². The Morgan fingerprint density at radius 2 is 1.83 bits per heavy atom. The van der Waals surface area contributed by atoms with Crippen LogP contribution in [0, 0.1) is 0 Å². The molecular weight excluding hydrogens is 349 g/mol. The summed E-state index contributed by atoms with van der Waals surface area (Å²) < 4.78 is 40.0. The van der Waals surface area contributed by atoms with E-state index in [1.54, 1.807) is 34.3 Å². The number of allylic oxidation sites excluding steroid dienone is 1. The molecule has 0 saturated heterocycles. The molecule has 1 unspecified atom stereocenters. The van der Waals surface area contributed by atoms with E-state index in [-0.39, 0.29) is 4.88 Å². The molecule has 1 aliphatic rings. The maximum atomic E-state index is 13.3. The van der Waals surface area contributed by atoms with Crippen molar-refractivity contribution in [2.24, 2.45) is 0 Å². The first-order valence-electron chi connectivity index (χ1n) is 6.38. The average molecular weight is 358 g/mol. The number of thiophene rings is 2. The van der Waals surface area contributed by atoms with Crippen LogP contribution < -0.4 is 10.6 Å². The van der Waals surface area contributed by atoms with Crippen molar-refractivity contribution in [1.29, 1.82) is 0 Å². The second kappa shape index (κ2) is 5.82. The summed E-state index contributed by atoms with van der Waals surface area (Å²) in [5.74, 6) is -0.752. The van der Waals surface area contributed by atoms with E-state index in [1.807, 2.05) is 0 Å². The van der Waals surface area contributed by atoms with Crippen LogP contribution in [0.25, 0.3) is 0 Å². The van der Waals surface area contributed by atoms with Crippen molar-refractivity contribution in [2.45, 2.75) is 12.2 Å². The Labute approximate surface area is 136 Å². The fourth-order valence-corrected chi connectivity index (χ4v) is 3.70.